The summed E-state index contributed by atoms with van der Waals surface area (Å²) in [6.45, 7) is 0.598. The molecule has 0 spiro atoms. The Morgan fingerprint density at radius 1 is 1.42 bits per heavy atom. The molecule has 0 saturated heterocycles. The Morgan fingerprint density at radius 2 is 2.17 bits per heavy atom. The van der Waals surface area contributed by atoms with Crippen LogP contribution in [0.1, 0.15) is 32.1 Å². The molecule has 1 rings (SSSR count). The molecule has 0 bridgehead atoms. The zero-order valence-corrected chi connectivity index (χ0v) is 8.81. The average Bonchev–Trinajstić information content (AvgIpc) is 1.95. The van der Waals surface area contributed by atoms with Crippen LogP contribution in [0.3, 0.4) is 0 Å². The average molecular weight is 235 g/mol. The predicted octanol–water partition coefficient (Wildman–Crippen LogP) is 2.50. The van der Waals surface area contributed by atoms with Crippen LogP contribution in [0.5, 0.6) is 0 Å². The molecular formula is C9H15BrO2. The van der Waals surface area contributed by atoms with Gasteiger partial charge in [0.1, 0.15) is 0 Å². The van der Waals surface area contributed by atoms with Crippen LogP contribution < -0.4 is 0 Å². The van der Waals surface area contributed by atoms with E-state index in [9.17, 15) is 4.79 Å². The first kappa shape index (κ1) is 10.0. The number of hydrogen-bond acceptors (Lipinski definition) is 2. The van der Waals surface area contributed by atoms with Gasteiger partial charge in [0.15, 0.2) is 0 Å². The Balaban J connectivity index is 1.94. The standard InChI is InChI=1S/C9H15BrO2/c10-6-1-2-7-12-9(11)8-4-3-5-8/h8H,1-7H2. The molecule has 0 N–H and O–H groups in total. The van der Waals surface area contributed by atoms with Crippen molar-refractivity contribution >= 4 is 21.9 Å². The van der Waals surface area contributed by atoms with Gasteiger partial charge in [-0.1, -0.05) is 22.4 Å². The number of alkyl halides is 1. The highest BCUT2D eigenvalue weighted by atomic mass is 79.9. The number of carbonyl (C=O) groups excluding carboxylic acids is 1. The van der Waals surface area contributed by atoms with Crippen molar-refractivity contribution in [3.8, 4) is 0 Å². The number of esters is 1. The lowest BCUT2D eigenvalue weighted by Crippen LogP contribution is -2.24. The molecule has 1 saturated carbocycles. The molecule has 0 heterocycles. The number of hydrogen-bond donors (Lipinski definition) is 0. The Morgan fingerprint density at radius 3 is 2.67 bits per heavy atom. The molecule has 0 atom stereocenters. The van der Waals surface area contributed by atoms with Gasteiger partial charge in [0, 0.05) is 5.33 Å². The van der Waals surface area contributed by atoms with E-state index < -0.39 is 0 Å². The minimum atomic E-state index is 0.0239. The highest BCUT2D eigenvalue weighted by Crippen LogP contribution is 2.27. The highest BCUT2D eigenvalue weighted by molar-refractivity contribution is 9.09. The van der Waals surface area contributed by atoms with E-state index in [1.54, 1.807) is 0 Å². The van der Waals surface area contributed by atoms with Crippen molar-refractivity contribution in [3.63, 3.8) is 0 Å². The van der Waals surface area contributed by atoms with Crippen molar-refractivity contribution in [1.82, 2.24) is 0 Å². The van der Waals surface area contributed by atoms with E-state index in [1.807, 2.05) is 0 Å². The molecule has 70 valence electrons. The van der Waals surface area contributed by atoms with Crippen molar-refractivity contribution in [2.75, 3.05) is 11.9 Å². The molecule has 1 aliphatic carbocycles. The first-order valence-corrected chi connectivity index (χ1v) is 5.69. The number of unbranched alkanes of at least 4 members (excludes halogenated alkanes) is 1. The fourth-order valence-corrected chi connectivity index (χ4v) is 1.53. The van der Waals surface area contributed by atoms with Gasteiger partial charge in [-0.15, -0.1) is 0 Å². The summed E-state index contributed by atoms with van der Waals surface area (Å²) in [7, 11) is 0. The van der Waals surface area contributed by atoms with Crippen molar-refractivity contribution in [2.24, 2.45) is 5.92 Å². The number of carbonyl (C=O) groups is 1. The molecule has 3 heteroatoms. The van der Waals surface area contributed by atoms with E-state index in [0.29, 0.717) is 6.61 Å². The Hall–Kier alpha value is -0.0500. The van der Waals surface area contributed by atoms with E-state index in [4.69, 9.17) is 4.74 Å². The summed E-state index contributed by atoms with van der Waals surface area (Å²) in [6.07, 6.45) is 5.33. The molecule has 0 aromatic carbocycles. The fraction of sp³-hybridized carbons (Fsp3) is 0.889. The van der Waals surface area contributed by atoms with Crippen molar-refractivity contribution < 1.29 is 9.53 Å². The highest BCUT2D eigenvalue weighted by Gasteiger charge is 2.26. The molecule has 0 aromatic rings. The SMILES string of the molecule is O=C(OCCCCBr)C1CCC1. The van der Waals surface area contributed by atoms with Crippen LogP contribution in [0, 0.1) is 5.92 Å². The summed E-state index contributed by atoms with van der Waals surface area (Å²) < 4.78 is 5.09. The monoisotopic (exact) mass is 234 g/mol. The molecule has 0 unspecified atom stereocenters. The number of ether oxygens (including phenoxy) is 1. The van der Waals surface area contributed by atoms with E-state index in [2.05, 4.69) is 15.9 Å². The molecule has 12 heavy (non-hydrogen) atoms. The second kappa shape index (κ2) is 5.57. The summed E-state index contributed by atoms with van der Waals surface area (Å²) in [4.78, 5) is 11.2. The van der Waals surface area contributed by atoms with Crippen LogP contribution in [0.15, 0.2) is 0 Å². The second-order valence-corrected chi connectivity index (χ2v) is 3.98. The Bertz CT molecular complexity index is 143. The van der Waals surface area contributed by atoms with Crippen LogP contribution in [-0.2, 0) is 9.53 Å². The maximum absolute atomic E-state index is 11.2. The van der Waals surface area contributed by atoms with Gasteiger partial charge in [-0.25, -0.2) is 0 Å². The van der Waals surface area contributed by atoms with Crippen molar-refractivity contribution in [2.45, 2.75) is 32.1 Å². The first-order chi connectivity index (χ1) is 5.84. The lowest BCUT2D eigenvalue weighted by molar-refractivity contribution is -0.151. The molecule has 0 aliphatic heterocycles. The lowest BCUT2D eigenvalue weighted by Gasteiger charge is -2.22. The zero-order valence-electron chi connectivity index (χ0n) is 7.22. The molecule has 1 aliphatic rings. The van der Waals surface area contributed by atoms with Gasteiger partial charge in [0.05, 0.1) is 12.5 Å². The van der Waals surface area contributed by atoms with Gasteiger partial charge in [-0.05, 0) is 25.7 Å². The van der Waals surface area contributed by atoms with E-state index in [-0.39, 0.29) is 11.9 Å². The molecule has 0 amide bonds. The minimum Gasteiger partial charge on any atom is -0.465 e. The van der Waals surface area contributed by atoms with Crippen molar-refractivity contribution in [3.05, 3.63) is 0 Å². The van der Waals surface area contributed by atoms with E-state index in [0.717, 1.165) is 31.0 Å². The first-order valence-electron chi connectivity index (χ1n) is 4.57. The summed E-state index contributed by atoms with van der Waals surface area (Å²) in [5.41, 5.74) is 0. The third-order valence-electron chi connectivity index (χ3n) is 2.21. The van der Waals surface area contributed by atoms with Crippen LogP contribution in [-0.4, -0.2) is 17.9 Å². The van der Waals surface area contributed by atoms with Gasteiger partial charge in [0.2, 0.25) is 0 Å². The van der Waals surface area contributed by atoms with Crippen molar-refractivity contribution in [1.29, 1.82) is 0 Å². The summed E-state index contributed by atoms with van der Waals surface area (Å²) >= 11 is 3.33. The smallest absolute Gasteiger partial charge is 0.308 e. The Kier molecular flexibility index (Phi) is 4.66. The normalized spacial score (nSPS) is 17.1. The van der Waals surface area contributed by atoms with Gasteiger partial charge in [-0.3, -0.25) is 4.79 Å². The van der Waals surface area contributed by atoms with Gasteiger partial charge in [0.25, 0.3) is 0 Å². The van der Waals surface area contributed by atoms with Gasteiger partial charge in [-0.2, -0.15) is 0 Å². The van der Waals surface area contributed by atoms with E-state index >= 15 is 0 Å². The molecule has 0 aromatic heterocycles. The third kappa shape index (κ3) is 3.13. The summed E-state index contributed by atoms with van der Waals surface area (Å²) in [6, 6.07) is 0. The summed E-state index contributed by atoms with van der Waals surface area (Å²) in [5, 5.41) is 0.994. The molecule has 0 radical (unpaired) electrons. The third-order valence-corrected chi connectivity index (χ3v) is 2.77. The molecule has 2 nitrogen and oxygen atoms in total. The van der Waals surface area contributed by atoms with Gasteiger partial charge >= 0.3 is 5.97 Å². The molecular weight excluding hydrogens is 220 g/mol. The van der Waals surface area contributed by atoms with Crippen LogP contribution >= 0.6 is 15.9 Å². The number of rotatable bonds is 5. The lowest BCUT2D eigenvalue weighted by atomic mass is 9.86. The topological polar surface area (TPSA) is 26.3 Å². The predicted molar refractivity (Wildman–Crippen MR) is 51.3 cm³/mol. The minimum absolute atomic E-state index is 0.0239. The Labute approximate surface area is 81.8 Å². The van der Waals surface area contributed by atoms with Gasteiger partial charge < -0.3 is 4.74 Å². The molecule has 1 fully saturated rings. The fourth-order valence-electron chi connectivity index (χ4n) is 1.13. The zero-order chi connectivity index (χ0) is 8.81. The largest absolute Gasteiger partial charge is 0.465 e. The quantitative estimate of drug-likeness (QED) is 0.415. The van der Waals surface area contributed by atoms with E-state index in [1.165, 1.54) is 6.42 Å². The number of halogens is 1. The maximum atomic E-state index is 11.2. The van der Waals surface area contributed by atoms with Crippen LogP contribution in [0.25, 0.3) is 0 Å². The van der Waals surface area contributed by atoms with Crippen LogP contribution in [0.4, 0.5) is 0 Å². The maximum Gasteiger partial charge on any atom is 0.308 e. The van der Waals surface area contributed by atoms with Crippen LogP contribution in [0.2, 0.25) is 0 Å². The second-order valence-electron chi connectivity index (χ2n) is 3.19. The summed E-state index contributed by atoms with van der Waals surface area (Å²) in [5.74, 6) is 0.254.